The number of fused-ring (bicyclic) bond motifs is 1. The predicted molar refractivity (Wildman–Crippen MR) is 128 cm³/mol. The molecule has 2 atom stereocenters. The largest absolute Gasteiger partial charge is 0.332 e. The highest BCUT2D eigenvalue weighted by atomic mass is 32.1. The number of nitrogens with two attached hydrogens (primary N) is 1. The van der Waals surface area contributed by atoms with E-state index in [0.717, 1.165) is 72.6 Å². The number of hydrogen-bond donors (Lipinski definition) is 1. The third-order valence-electron chi connectivity index (χ3n) is 7.34. The van der Waals surface area contributed by atoms with Gasteiger partial charge in [0.2, 0.25) is 5.91 Å². The van der Waals surface area contributed by atoms with Gasteiger partial charge in [-0.25, -0.2) is 9.37 Å². The molecule has 1 saturated heterocycles. The maximum atomic E-state index is 14.2. The van der Waals surface area contributed by atoms with Crippen molar-refractivity contribution >= 4 is 28.0 Å². The van der Waals surface area contributed by atoms with Gasteiger partial charge in [0.1, 0.15) is 10.8 Å². The first kappa shape index (κ1) is 21.5. The van der Waals surface area contributed by atoms with Gasteiger partial charge in [-0.2, -0.15) is 0 Å². The molecule has 2 heterocycles. The molecule has 32 heavy (non-hydrogen) atoms. The molecule has 0 unspecified atom stereocenters. The minimum absolute atomic E-state index is 0.0125. The van der Waals surface area contributed by atoms with Gasteiger partial charge < -0.3 is 10.6 Å². The van der Waals surface area contributed by atoms with Crippen molar-refractivity contribution in [1.82, 2.24) is 9.88 Å². The van der Waals surface area contributed by atoms with Gasteiger partial charge in [-0.1, -0.05) is 44.0 Å². The van der Waals surface area contributed by atoms with Crippen LogP contribution >= 0.6 is 11.3 Å². The van der Waals surface area contributed by atoms with Gasteiger partial charge >= 0.3 is 0 Å². The van der Waals surface area contributed by atoms with E-state index in [1.165, 1.54) is 6.07 Å². The van der Waals surface area contributed by atoms with Crippen LogP contribution in [0.1, 0.15) is 56.5 Å². The van der Waals surface area contributed by atoms with Crippen LogP contribution in [0.15, 0.2) is 41.8 Å². The van der Waals surface area contributed by atoms with Crippen LogP contribution in [-0.4, -0.2) is 28.4 Å². The van der Waals surface area contributed by atoms with E-state index in [4.69, 9.17) is 10.7 Å². The number of carbonyl (C=O) groups is 1. The highest BCUT2D eigenvalue weighted by molar-refractivity contribution is 7.10. The molecule has 6 heteroatoms. The number of nitrogens with zero attached hydrogens (tertiary/aromatic N) is 2. The Hall–Kier alpha value is -2.31. The Balaban J connectivity index is 1.38. The van der Waals surface area contributed by atoms with Gasteiger partial charge in [-0.15, -0.1) is 11.3 Å². The summed E-state index contributed by atoms with van der Waals surface area (Å²) in [6, 6.07) is 10.4. The molecule has 1 amide bonds. The summed E-state index contributed by atoms with van der Waals surface area (Å²) >= 11 is 1.58. The van der Waals surface area contributed by atoms with E-state index in [0.29, 0.717) is 5.39 Å². The third kappa shape index (κ3) is 3.95. The molecule has 3 aromatic rings. The molecule has 0 spiro atoms. The van der Waals surface area contributed by atoms with Gasteiger partial charge in [0.05, 0.1) is 17.8 Å². The Morgan fingerprint density at radius 2 is 1.88 bits per heavy atom. The number of hydrogen-bond acceptors (Lipinski definition) is 4. The molecule has 1 aliphatic heterocycles. The lowest BCUT2D eigenvalue weighted by molar-refractivity contribution is -0.135. The monoisotopic (exact) mass is 451 g/mol. The van der Waals surface area contributed by atoms with Crippen LogP contribution in [-0.2, 0) is 4.79 Å². The summed E-state index contributed by atoms with van der Waals surface area (Å²) in [5, 5.41) is 4.43. The maximum absolute atomic E-state index is 14.2. The zero-order chi connectivity index (χ0) is 22.2. The molecule has 1 aliphatic carbocycles. The number of amides is 1. The molecule has 5 rings (SSSR count). The molecule has 2 N–H and O–H groups in total. The van der Waals surface area contributed by atoms with Crippen molar-refractivity contribution in [2.75, 3.05) is 6.54 Å². The van der Waals surface area contributed by atoms with Crippen molar-refractivity contribution in [3.05, 3.63) is 52.6 Å². The maximum Gasteiger partial charge on any atom is 0.240 e. The summed E-state index contributed by atoms with van der Waals surface area (Å²) in [5.41, 5.74) is 8.25. The van der Waals surface area contributed by atoms with Crippen LogP contribution in [0.25, 0.3) is 22.0 Å². The molecule has 0 radical (unpaired) electrons. The van der Waals surface area contributed by atoms with E-state index >= 15 is 0 Å². The molecular formula is C26H30FN3OS. The van der Waals surface area contributed by atoms with E-state index in [2.05, 4.69) is 6.92 Å². The van der Waals surface area contributed by atoms with Gasteiger partial charge in [0, 0.05) is 22.9 Å². The van der Waals surface area contributed by atoms with Crippen LogP contribution in [0, 0.1) is 17.7 Å². The number of thiazole rings is 1. The lowest BCUT2D eigenvalue weighted by Gasteiger charge is -2.33. The standard InChI is InChI=1S/C26H30FN3OS/c1-16-8-10-17(11-9-16)24(28)26(31)30-14-4-7-23(30)25-29-22(15-32-25)20-12-13-21(27)19-6-3-2-5-18(19)20/h2-3,5-6,12-13,15-17,23-24H,4,7-11,14,28H2,1H3/t16?,17?,23-,24-/m0/s1. The number of halogens is 1. The fourth-order valence-corrected chi connectivity index (χ4v) is 6.34. The quantitative estimate of drug-likeness (QED) is 0.536. The second-order valence-corrected chi connectivity index (χ2v) is 10.3. The van der Waals surface area contributed by atoms with Crippen LogP contribution in [0.3, 0.4) is 0 Å². The summed E-state index contributed by atoms with van der Waals surface area (Å²) < 4.78 is 14.2. The topological polar surface area (TPSA) is 59.2 Å². The number of rotatable bonds is 4. The Morgan fingerprint density at radius 1 is 1.12 bits per heavy atom. The molecular weight excluding hydrogens is 421 g/mol. The summed E-state index contributed by atoms with van der Waals surface area (Å²) in [7, 11) is 0. The molecule has 4 nitrogen and oxygen atoms in total. The number of carbonyl (C=O) groups excluding carboxylic acids is 1. The molecule has 1 aromatic heterocycles. The van der Waals surface area contributed by atoms with Crippen molar-refractivity contribution < 1.29 is 9.18 Å². The second-order valence-electron chi connectivity index (χ2n) is 9.45. The summed E-state index contributed by atoms with van der Waals surface area (Å²) in [4.78, 5) is 20.2. The molecule has 1 saturated carbocycles. The predicted octanol–water partition coefficient (Wildman–Crippen LogP) is 5.92. The molecule has 2 aromatic carbocycles. The highest BCUT2D eigenvalue weighted by Crippen LogP contribution is 2.39. The van der Waals surface area contributed by atoms with E-state index in [-0.39, 0.29) is 23.7 Å². The first-order chi connectivity index (χ1) is 15.5. The van der Waals surface area contributed by atoms with Gasteiger partial charge in [-0.3, -0.25) is 4.79 Å². The Kier molecular flexibility index (Phi) is 5.99. The normalized spacial score (nSPS) is 24.7. The lowest BCUT2D eigenvalue weighted by atomic mass is 9.79. The Morgan fingerprint density at radius 3 is 2.66 bits per heavy atom. The molecule has 2 fully saturated rings. The van der Waals surface area contributed by atoms with Crippen molar-refractivity contribution in [3.63, 3.8) is 0 Å². The first-order valence-corrected chi connectivity index (χ1v) is 12.6. The van der Waals surface area contributed by atoms with Crippen molar-refractivity contribution in [2.45, 2.75) is 57.5 Å². The van der Waals surface area contributed by atoms with Gasteiger partial charge in [0.15, 0.2) is 0 Å². The Labute approximate surface area is 192 Å². The van der Waals surface area contributed by atoms with Gasteiger partial charge in [-0.05, 0) is 55.0 Å². The fourth-order valence-electron chi connectivity index (χ4n) is 5.38. The lowest BCUT2D eigenvalue weighted by Crippen LogP contribution is -2.48. The van der Waals surface area contributed by atoms with Crippen LogP contribution in [0.2, 0.25) is 0 Å². The average Bonchev–Trinajstić information content (AvgIpc) is 3.49. The smallest absolute Gasteiger partial charge is 0.240 e. The average molecular weight is 452 g/mol. The molecule has 2 aliphatic rings. The minimum atomic E-state index is -0.413. The first-order valence-electron chi connectivity index (χ1n) is 11.7. The molecule has 168 valence electrons. The SMILES string of the molecule is CC1CCC([C@H](N)C(=O)N2CCC[C@H]2c2nc(-c3ccc(F)c4ccccc34)cs2)CC1. The Bertz CT molecular complexity index is 1120. The van der Waals surface area contributed by atoms with Crippen LogP contribution < -0.4 is 5.73 Å². The number of benzene rings is 2. The summed E-state index contributed by atoms with van der Waals surface area (Å²) in [6.07, 6.45) is 6.31. The summed E-state index contributed by atoms with van der Waals surface area (Å²) in [6.45, 7) is 3.03. The van der Waals surface area contributed by atoms with Gasteiger partial charge in [0.25, 0.3) is 0 Å². The number of likely N-dealkylation sites (tertiary alicyclic amines) is 1. The van der Waals surface area contributed by atoms with Crippen molar-refractivity contribution in [3.8, 4) is 11.3 Å². The van der Waals surface area contributed by atoms with Crippen LogP contribution in [0.5, 0.6) is 0 Å². The molecule has 0 bridgehead atoms. The minimum Gasteiger partial charge on any atom is -0.332 e. The third-order valence-corrected chi connectivity index (χ3v) is 8.29. The summed E-state index contributed by atoms with van der Waals surface area (Å²) in [5.74, 6) is 0.885. The zero-order valence-corrected chi connectivity index (χ0v) is 19.3. The van der Waals surface area contributed by atoms with E-state index in [1.807, 2.05) is 28.5 Å². The van der Waals surface area contributed by atoms with Crippen molar-refractivity contribution in [2.24, 2.45) is 17.6 Å². The van der Waals surface area contributed by atoms with E-state index in [1.54, 1.807) is 23.5 Å². The van der Waals surface area contributed by atoms with E-state index < -0.39 is 6.04 Å². The van der Waals surface area contributed by atoms with E-state index in [9.17, 15) is 9.18 Å². The zero-order valence-electron chi connectivity index (χ0n) is 18.5. The second kappa shape index (κ2) is 8.91. The number of aromatic nitrogens is 1. The fraction of sp³-hybridized carbons (Fsp3) is 0.462. The van der Waals surface area contributed by atoms with Crippen molar-refractivity contribution in [1.29, 1.82) is 0 Å². The van der Waals surface area contributed by atoms with Crippen LogP contribution in [0.4, 0.5) is 4.39 Å². The highest BCUT2D eigenvalue weighted by Gasteiger charge is 2.37.